The maximum Gasteiger partial charge on any atom is 0.416 e. The van der Waals surface area contributed by atoms with Crippen LogP contribution in [0.3, 0.4) is 0 Å². The number of halogens is 3. The van der Waals surface area contributed by atoms with Gasteiger partial charge in [0.05, 0.1) is 31.2 Å². The van der Waals surface area contributed by atoms with Gasteiger partial charge in [0.15, 0.2) is 16.7 Å². The third-order valence-corrected chi connectivity index (χ3v) is 5.29. The first-order valence-electron chi connectivity index (χ1n) is 8.77. The van der Waals surface area contributed by atoms with Crippen LogP contribution in [0.2, 0.25) is 0 Å². The summed E-state index contributed by atoms with van der Waals surface area (Å²) in [5.41, 5.74) is 0.399. The van der Waals surface area contributed by atoms with Gasteiger partial charge in [0.2, 0.25) is 5.91 Å². The molecule has 2 aromatic carbocycles. The summed E-state index contributed by atoms with van der Waals surface area (Å²) in [7, 11) is 3.06. The summed E-state index contributed by atoms with van der Waals surface area (Å²) < 4.78 is 48.9. The second-order valence-corrected chi connectivity index (χ2v) is 7.45. The molecule has 30 heavy (non-hydrogen) atoms. The normalized spacial score (nSPS) is 18.1. The molecule has 3 rings (SSSR count). The summed E-state index contributed by atoms with van der Waals surface area (Å²) >= 11 is 1.13. The first kappa shape index (κ1) is 21.7. The summed E-state index contributed by atoms with van der Waals surface area (Å²) in [5, 5.41) is 10.2. The van der Waals surface area contributed by atoms with Crippen LogP contribution in [0.5, 0.6) is 11.5 Å². The van der Waals surface area contributed by atoms with Crippen molar-refractivity contribution in [3.63, 3.8) is 0 Å². The number of thioether (sulfide) groups is 1. The van der Waals surface area contributed by atoms with Crippen LogP contribution < -0.4 is 14.8 Å². The van der Waals surface area contributed by atoms with Crippen LogP contribution in [0.25, 0.3) is 0 Å². The first-order valence-corrected chi connectivity index (χ1v) is 9.65. The van der Waals surface area contributed by atoms with E-state index in [0.717, 1.165) is 23.9 Å². The zero-order chi connectivity index (χ0) is 21.7. The summed E-state index contributed by atoms with van der Waals surface area (Å²) in [4.78, 5) is 12.1. The fourth-order valence-electron chi connectivity index (χ4n) is 2.76. The summed E-state index contributed by atoms with van der Waals surface area (Å²) in [6.07, 6.45) is -2.78. The number of methoxy groups -OCH3 is 2. The Balaban J connectivity index is 1.66. The second kappa shape index (κ2) is 9.21. The van der Waals surface area contributed by atoms with Crippen molar-refractivity contribution in [3.8, 4) is 11.5 Å². The molecule has 1 aliphatic heterocycles. The lowest BCUT2D eigenvalue weighted by atomic mass is 10.1. The van der Waals surface area contributed by atoms with Gasteiger partial charge in [0.25, 0.3) is 0 Å². The van der Waals surface area contributed by atoms with Gasteiger partial charge < -0.3 is 14.8 Å². The molecule has 1 atom stereocenters. The van der Waals surface area contributed by atoms with Gasteiger partial charge in [-0.3, -0.25) is 4.79 Å². The minimum Gasteiger partial charge on any atom is -0.493 e. The van der Waals surface area contributed by atoms with Gasteiger partial charge in [-0.2, -0.15) is 18.3 Å². The van der Waals surface area contributed by atoms with E-state index >= 15 is 0 Å². The van der Waals surface area contributed by atoms with Gasteiger partial charge in [-0.25, -0.2) is 0 Å². The lowest BCUT2D eigenvalue weighted by Crippen LogP contribution is -2.26. The zero-order valence-corrected chi connectivity index (χ0v) is 16.9. The Bertz CT molecular complexity index is 993. The number of benzene rings is 2. The number of hydrogen-bond donors (Lipinski definition) is 1. The smallest absolute Gasteiger partial charge is 0.416 e. The van der Waals surface area contributed by atoms with Crippen molar-refractivity contribution < 1.29 is 27.4 Å². The Morgan fingerprint density at radius 1 is 1.13 bits per heavy atom. The van der Waals surface area contributed by atoms with E-state index in [1.54, 1.807) is 24.3 Å². The molecule has 1 saturated heterocycles. The maximum absolute atomic E-state index is 12.9. The van der Waals surface area contributed by atoms with Crippen molar-refractivity contribution >= 4 is 29.1 Å². The summed E-state index contributed by atoms with van der Waals surface area (Å²) in [6, 6.07) is 10.2. The minimum absolute atomic E-state index is 0.152. The summed E-state index contributed by atoms with van der Waals surface area (Å²) in [6.45, 7) is 0. The lowest BCUT2D eigenvalue weighted by molar-refractivity contribution is -0.137. The molecule has 2 aromatic rings. The average Bonchev–Trinajstić information content (AvgIpc) is 3.06. The van der Waals surface area contributed by atoms with E-state index in [0.29, 0.717) is 22.6 Å². The van der Waals surface area contributed by atoms with Crippen LogP contribution in [0.4, 0.5) is 13.2 Å². The largest absolute Gasteiger partial charge is 0.493 e. The fourth-order valence-corrected chi connectivity index (χ4v) is 3.72. The average molecular weight is 437 g/mol. The maximum atomic E-state index is 12.9. The van der Waals surface area contributed by atoms with Crippen LogP contribution >= 0.6 is 11.8 Å². The fraction of sp³-hybridized carbons (Fsp3) is 0.250. The van der Waals surface area contributed by atoms with E-state index in [2.05, 4.69) is 15.5 Å². The Kier molecular flexibility index (Phi) is 6.66. The van der Waals surface area contributed by atoms with Crippen molar-refractivity contribution in [1.82, 2.24) is 5.32 Å². The van der Waals surface area contributed by atoms with Crippen molar-refractivity contribution in [2.45, 2.75) is 17.8 Å². The third-order valence-electron chi connectivity index (χ3n) is 4.21. The number of amidine groups is 1. The van der Waals surface area contributed by atoms with Crippen LogP contribution in [-0.4, -0.2) is 36.8 Å². The molecule has 1 fully saturated rings. The van der Waals surface area contributed by atoms with E-state index in [1.165, 1.54) is 26.5 Å². The number of carbonyl (C=O) groups is 1. The number of hydrogen-bond acceptors (Lipinski definition) is 6. The Morgan fingerprint density at radius 2 is 1.90 bits per heavy atom. The van der Waals surface area contributed by atoms with Gasteiger partial charge >= 0.3 is 6.18 Å². The topological polar surface area (TPSA) is 72.3 Å². The molecule has 1 heterocycles. The zero-order valence-electron chi connectivity index (χ0n) is 16.1. The number of alkyl halides is 3. The van der Waals surface area contributed by atoms with E-state index in [-0.39, 0.29) is 17.5 Å². The van der Waals surface area contributed by atoms with Gasteiger partial charge in [-0.05, 0) is 41.8 Å². The highest BCUT2D eigenvalue weighted by Gasteiger charge is 2.33. The minimum atomic E-state index is -4.42. The molecule has 158 valence electrons. The van der Waals surface area contributed by atoms with E-state index in [4.69, 9.17) is 9.47 Å². The lowest BCUT2D eigenvalue weighted by Gasteiger charge is -2.10. The molecule has 0 unspecified atom stereocenters. The number of amides is 1. The van der Waals surface area contributed by atoms with Gasteiger partial charge in [-0.1, -0.05) is 30.0 Å². The molecule has 0 saturated carbocycles. The van der Waals surface area contributed by atoms with Crippen molar-refractivity contribution in [2.75, 3.05) is 14.2 Å². The van der Waals surface area contributed by atoms with Crippen molar-refractivity contribution in [2.24, 2.45) is 10.2 Å². The standard InChI is InChI=1S/C20H18F3N3O3S/c1-28-15-7-6-13(9-16(15)29-2)11-24-26-19-25-18(27)17(30-19)10-12-4-3-5-14(8-12)20(21,22)23/h3-9,11,17H,10H2,1-2H3,(H,25,26,27)/b24-11-/t17-/m0/s1. The molecule has 10 heteroatoms. The highest BCUT2D eigenvalue weighted by molar-refractivity contribution is 8.15. The van der Waals surface area contributed by atoms with E-state index in [9.17, 15) is 18.0 Å². The van der Waals surface area contributed by atoms with Gasteiger partial charge in [0, 0.05) is 0 Å². The van der Waals surface area contributed by atoms with Gasteiger partial charge in [0.1, 0.15) is 0 Å². The Hall–Kier alpha value is -3.01. The predicted octanol–water partition coefficient (Wildman–Crippen LogP) is 3.89. The first-order chi connectivity index (χ1) is 14.3. The van der Waals surface area contributed by atoms with E-state index in [1.807, 2.05) is 0 Å². The molecule has 0 radical (unpaired) electrons. The predicted molar refractivity (Wildman–Crippen MR) is 109 cm³/mol. The van der Waals surface area contributed by atoms with Crippen LogP contribution in [0.15, 0.2) is 52.7 Å². The molecule has 1 aliphatic rings. The van der Waals surface area contributed by atoms with Crippen LogP contribution in [0, 0.1) is 0 Å². The van der Waals surface area contributed by atoms with Crippen LogP contribution in [-0.2, 0) is 17.4 Å². The highest BCUT2D eigenvalue weighted by Crippen LogP contribution is 2.31. The van der Waals surface area contributed by atoms with Crippen LogP contribution in [0.1, 0.15) is 16.7 Å². The number of rotatable bonds is 6. The molecule has 0 aromatic heterocycles. The molecular formula is C20H18F3N3O3S. The molecule has 6 nitrogen and oxygen atoms in total. The number of nitrogens with zero attached hydrogens (tertiary/aromatic N) is 2. The molecule has 0 aliphatic carbocycles. The van der Waals surface area contributed by atoms with Crippen molar-refractivity contribution in [1.29, 1.82) is 0 Å². The third kappa shape index (κ3) is 5.32. The Morgan fingerprint density at radius 3 is 2.60 bits per heavy atom. The van der Waals surface area contributed by atoms with Crippen molar-refractivity contribution in [3.05, 3.63) is 59.2 Å². The second-order valence-electron chi connectivity index (χ2n) is 6.26. The quantitative estimate of drug-likeness (QED) is 0.550. The molecule has 0 bridgehead atoms. The SMILES string of the molecule is COc1ccc(/C=N\N=C2/NC(=O)[C@H](Cc3cccc(C(F)(F)F)c3)S2)cc1OC. The summed E-state index contributed by atoms with van der Waals surface area (Å²) in [5.74, 6) is 0.799. The number of ether oxygens (including phenoxy) is 2. The molecule has 0 spiro atoms. The van der Waals surface area contributed by atoms with E-state index < -0.39 is 17.0 Å². The number of nitrogens with one attached hydrogen (secondary N) is 1. The Labute approximate surface area is 175 Å². The molecule has 1 N–H and O–H groups in total. The monoisotopic (exact) mass is 437 g/mol. The molecule has 1 amide bonds. The highest BCUT2D eigenvalue weighted by atomic mass is 32.2. The van der Waals surface area contributed by atoms with Gasteiger partial charge in [-0.15, -0.1) is 5.10 Å². The molecular weight excluding hydrogens is 419 g/mol. The number of carbonyl (C=O) groups excluding carboxylic acids is 1.